The van der Waals surface area contributed by atoms with E-state index < -0.39 is 0 Å². The van der Waals surface area contributed by atoms with Gasteiger partial charge in [-0.3, -0.25) is 0 Å². The van der Waals surface area contributed by atoms with Crippen molar-refractivity contribution in [3.8, 4) is 11.4 Å². The molecule has 0 fully saturated rings. The number of aromatic hydroxyl groups is 1. The standard InChI is InChI=1S/C19H18N6O/c1-13-2-6-15(7-3-13)25-18-17(23-24-25)12-21-19(22-18)20-11-10-14-4-8-16(26)9-5-14/h2-9,12,26H,10-11H2,1H3,(H,20,21,22). The van der Waals surface area contributed by atoms with Crippen LogP contribution in [0.4, 0.5) is 5.95 Å². The lowest BCUT2D eigenvalue weighted by Crippen LogP contribution is -2.08. The fraction of sp³-hybridized carbons (Fsp3) is 0.158. The Morgan fingerprint density at radius 2 is 1.81 bits per heavy atom. The number of aryl methyl sites for hydroxylation is 1. The number of nitrogens with one attached hydrogen (secondary N) is 1. The van der Waals surface area contributed by atoms with Gasteiger partial charge >= 0.3 is 0 Å². The van der Waals surface area contributed by atoms with Crippen molar-refractivity contribution in [2.24, 2.45) is 0 Å². The third kappa shape index (κ3) is 3.32. The van der Waals surface area contributed by atoms with Gasteiger partial charge in [-0.05, 0) is 43.2 Å². The minimum atomic E-state index is 0.271. The van der Waals surface area contributed by atoms with Crippen LogP contribution in [0.1, 0.15) is 11.1 Å². The molecule has 0 amide bonds. The molecule has 4 rings (SSSR count). The first-order valence-electron chi connectivity index (χ1n) is 8.36. The molecule has 0 radical (unpaired) electrons. The predicted molar refractivity (Wildman–Crippen MR) is 99.5 cm³/mol. The molecule has 0 unspecified atom stereocenters. The Morgan fingerprint density at radius 3 is 2.58 bits per heavy atom. The Labute approximate surface area is 150 Å². The van der Waals surface area contributed by atoms with Gasteiger partial charge in [0.15, 0.2) is 11.2 Å². The zero-order valence-corrected chi connectivity index (χ0v) is 14.3. The van der Waals surface area contributed by atoms with Crippen LogP contribution in [0.15, 0.2) is 54.7 Å². The average molecular weight is 346 g/mol. The van der Waals surface area contributed by atoms with Crippen LogP contribution in [0.25, 0.3) is 16.9 Å². The third-order valence-corrected chi connectivity index (χ3v) is 4.10. The van der Waals surface area contributed by atoms with Gasteiger partial charge in [-0.1, -0.05) is 35.0 Å². The van der Waals surface area contributed by atoms with E-state index in [0.29, 0.717) is 23.7 Å². The lowest BCUT2D eigenvalue weighted by atomic mass is 10.1. The highest BCUT2D eigenvalue weighted by atomic mass is 16.3. The number of aromatic nitrogens is 5. The molecule has 7 heteroatoms. The molecule has 0 saturated heterocycles. The Hall–Kier alpha value is -3.48. The normalized spacial score (nSPS) is 11.0. The molecule has 2 aromatic heterocycles. The molecular formula is C19H18N6O. The fourth-order valence-corrected chi connectivity index (χ4v) is 2.65. The predicted octanol–water partition coefficient (Wildman–Crippen LogP) is 2.88. The number of benzene rings is 2. The molecule has 26 heavy (non-hydrogen) atoms. The van der Waals surface area contributed by atoms with Crippen LogP contribution in [-0.4, -0.2) is 36.6 Å². The van der Waals surface area contributed by atoms with Crippen LogP contribution >= 0.6 is 0 Å². The molecule has 2 N–H and O–H groups in total. The lowest BCUT2D eigenvalue weighted by molar-refractivity contribution is 0.475. The fourth-order valence-electron chi connectivity index (χ4n) is 2.65. The van der Waals surface area contributed by atoms with E-state index in [-0.39, 0.29) is 5.75 Å². The minimum Gasteiger partial charge on any atom is -0.508 e. The maximum Gasteiger partial charge on any atom is 0.224 e. The van der Waals surface area contributed by atoms with Crippen LogP contribution < -0.4 is 5.32 Å². The summed E-state index contributed by atoms with van der Waals surface area (Å²) >= 11 is 0. The van der Waals surface area contributed by atoms with Gasteiger partial charge in [0.2, 0.25) is 5.95 Å². The van der Waals surface area contributed by atoms with E-state index in [1.54, 1.807) is 23.0 Å². The quantitative estimate of drug-likeness (QED) is 0.578. The third-order valence-electron chi connectivity index (χ3n) is 4.10. The van der Waals surface area contributed by atoms with Gasteiger partial charge in [0.25, 0.3) is 0 Å². The summed E-state index contributed by atoms with van der Waals surface area (Å²) in [5.41, 5.74) is 4.53. The average Bonchev–Trinajstić information content (AvgIpc) is 3.07. The molecule has 0 saturated carbocycles. The Bertz CT molecular complexity index is 1020. The molecule has 0 aliphatic carbocycles. The second kappa shape index (κ2) is 6.79. The van der Waals surface area contributed by atoms with Crippen molar-refractivity contribution in [1.82, 2.24) is 25.0 Å². The first-order chi connectivity index (χ1) is 12.7. The highest BCUT2D eigenvalue weighted by molar-refractivity contribution is 5.71. The number of hydrogen-bond donors (Lipinski definition) is 2. The zero-order chi connectivity index (χ0) is 17.9. The van der Waals surface area contributed by atoms with Crippen molar-refractivity contribution in [3.63, 3.8) is 0 Å². The summed E-state index contributed by atoms with van der Waals surface area (Å²) in [5, 5.41) is 20.9. The smallest absolute Gasteiger partial charge is 0.224 e. The van der Waals surface area contributed by atoms with Crippen LogP contribution in [0.3, 0.4) is 0 Å². The Kier molecular flexibility index (Phi) is 4.18. The summed E-state index contributed by atoms with van der Waals surface area (Å²) in [6.07, 6.45) is 2.47. The van der Waals surface area contributed by atoms with Crippen LogP contribution in [0.2, 0.25) is 0 Å². The summed E-state index contributed by atoms with van der Waals surface area (Å²) in [5.74, 6) is 0.805. The van der Waals surface area contributed by atoms with Gasteiger partial charge in [0, 0.05) is 6.54 Å². The monoisotopic (exact) mass is 346 g/mol. The number of hydrogen-bond acceptors (Lipinski definition) is 6. The first-order valence-corrected chi connectivity index (χ1v) is 8.36. The number of phenolic OH excluding ortho intramolecular Hbond substituents is 1. The number of phenols is 1. The highest BCUT2D eigenvalue weighted by Gasteiger charge is 2.10. The first kappa shape index (κ1) is 16.0. The molecule has 0 spiro atoms. The molecule has 4 aromatic rings. The summed E-state index contributed by atoms with van der Waals surface area (Å²) < 4.78 is 1.71. The van der Waals surface area contributed by atoms with Gasteiger partial charge in [-0.25, -0.2) is 4.98 Å². The van der Waals surface area contributed by atoms with E-state index >= 15 is 0 Å². The molecule has 2 heterocycles. The van der Waals surface area contributed by atoms with Crippen molar-refractivity contribution in [2.75, 3.05) is 11.9 Å². The van der Waals surface area contributed by atoms with Gasteiger partial charge in [0.1, 0.15) is 5.75 Å². The molecule has 0 bridgehead atoms. The molecule has 0 aliphatic rings. The molecule has 0 atom stereocenters. The molecular weight excluding hydrogens is 328 g/mol. The second-order valence-electron chi connectivity index (χ2n) is 6.08. The minimum absolute atomic E-state index is 0.271. The molecule has 130 valence electrons. The number of anilines is 1. The van der Waals surface area contributed by atoms with E-state index in [9.17, 15) is 5.11 Å². The van der Waals surface area contributed by atoms with E-state index in [1.165, 1.54) is 5.56 Å². The van der Waals surface area contributed by atoms with Crippen molar-refractivity contribution < 1.29 is 5.11 Å². The van der Waals surface area contributed by atoms with Gasteiger partial charge in [-0.15, -0.1) is 5.10 Å². The Morgan fingerprint density at radius 1 is 1.04 bits per heavy atom. The molecule has 2 aromatic carbocycles. The summed E-state index contributed by atoms with van der Waals surface area (Å²) in [6, 6.07) is 15.2. The number of nitrogens with zero attached hydrogens (tertiary/aromatic N) is 5. The number of fused-ring (bicyclic) bond motifs is 1. The summed E-state index contributed by atoms with van der Waals surface area (Å²) in [7, 11) is 0. The highest BCUT2D eigenvalue weighted by Crippen LogP contribution is 2.16. The topological polar surface area (TPSA) is 88.8 Å². The van der Waals surface area contributed by atoms with E-state index in [2.05, 4.69) is 25.6 Å². The molecule has 7 nitrogen and oxygen atoms in total. The lowest BCUT2D eigenvalue weighted by Gasteiger charge is -2.06. The van der Waals surface area contributed by atoms with Crippen LogP contribution in [-0.2, 0) is 6.42 Å². The van der Waals surface area contributed by atoms with E-state index in [1.807, 2.05) is 43.3 Å². The van der Waals surface area contributed by atoms with Crippen molar-refractivity contribution in [1.29, 1.82) is 0 Å². The summed E-state index contributed by atoms with van der Waals surface area (Å²) in [4.78, 5) is 8.85. The summed E-state index contributed by atoms with van der Waals surface area (Å²) in [6.45, 7) is 2.73. The maximum atomic E-state index is 9.33. The second-order valence-corrected chi connectivity index (χ2v) is 6.08. The zero-order valence-electron chi connectivity index (χ0n) is 14.3. The van der Waals surface area contributed by atoms with E-state index in [4.69, 9.17) is 0 Å². The van der Waals surface area contributed by atoms with Gasteiger partial charge < -0.3 is 10.4 Å². The van der Waals surface area contributed by atoms with Crippen LogP contribution in [0.5, 0.6) is 5.75 Å². The Balaban J connectivity index is 1.52. The number of rotatable bonds is 5. The SMILES string of the molecule is Cc1ccc(-n2nnc3cnc(NCCc4ccc(O)cc4)nc32)cc1. The maximum absolute atomic E-state index is 9.33. The van der Waals surface area contributed by atoms with Crippen LogP contribution in [0, 0.1) is 6.92 Å². The van der Waals surface area contributed by atoms with Crippen molar-refractivity contribution in [2.45, 2.75) is 13.3 Å². The van der Waals surface area contributed by atoms with Crippen molar-refractivity contribution >= 4 is 17.1 Å². The largest absolute Gasteiger partial charge is 0.508 e. The van der Waals surface area contributed by atoms with Gasteiger partial charge in [0.05, 0.1) is 11.9 Å². The van der Waals surface area contributed by atoms with Gasteiger partial charge in [-0.2, -0.15) is 9.67 Å². The van der Waals surface area contributed by atoms with E-state index in [0.717, 1.165) is 17.7 Å². The molecule has 0 aliphatic heterocycles. The van der Waals surface area contributed by atoms with Crippen molar-refractivity contribution in [3.05, 3.63) is 65.9 Å².